The zero-order valence-electron chi connectivity index (χ0n) is 14.2. The summed E-state index contributed by atoms with van der Waals surface area (Å²) in [7, 11) is -3.40. The first kappa shape index (κ1) is 17.1. The average Bonchev–Trinajstić information content (AvgIpc) is 3.15. The molecule has 0 saturated carbocycles. The number of piperidine rings is 1. The molecule has 1 aliphatic carbocycles. The van der Waals surface area contributed by atoms with Crippen molar-refractivity contribution in [2.24, 2.45) is 0 Å². The molecule has 0 spiro atoms. The van der Waals surface area contributed by atoms with Gasteiger partial charge in [0.15, 0.2) is 0 Å². The van der Waals surface area contributed by atoms with Gasteiger partial charge in [-0.05, 0) is 73.2 Å². The van der Waals surface area contributed by atoms with E-state index >= 15 is 0 Å². The zero-order valence-corrected chi connectivity index (χ0v) is 15.8. The second-order valence-electron chi connectivity index (χ2n) is 6.82. The Morgan fingerprint density at radius 3 is 2.52 bits per heavy atom. The molecule has 4 rings (SSSR count). The van der Waals surface area contributed by atoms with Crippen molar-refractivity contribution in [2.45, 2.75) is 49.5 Å². The Kier molecular flexibility index (Phi) is 4.84. The number of thiophene rings is 1. The number of ether oxygens (including phenoxy) is 1. The van der Waals surface area contributed by atoms with E-state index in [-0.39, 0.29) is 6.10 Å². The Morgan fingerprint density at radius 2 is 1.80 bits per heavy atom. The van der Waals surface area contributed by atoms with Crippen LogP contribution in [-0.4, -0.2) is 31.9 Å². The molecule has 1 aromatic heterocycles. The maximum Gasteiger partial charge on any atom is 0.243 e. The van der Waals surface area contributed by atoms with Gasteiger partial charge in [-0.25, -0.2) is 8.42 Å². The van der Waals surface area contributed by atoms with Crippen LogP contribution >= 0.6 is 11.3 Å². The number of sulfonamides is 1. The summed E-state index contributed by atoms with van der Waals surface area (Å²) in [5.74, 6) is 0.890. The van der Waals surface area contributed by atoms with Crippen LogP contribution in [0, 0.1) is 0 Å². The largest absolute Gasteiger partial charge is 0.489 e. The van der Waals surface area contributed by atoms with Crippen LogP contribution in [0.15, 0.2) is 39.9 Å². The lowest BCUT2D eigenvalue weighted by molar-refractivity contribution is 0.135. The second kappa shape index (κ2) is 7.09. The summed E-state index contributed by atoms with van der Waals surface area (Å²) >= 11 is 1.61. The van der Waals surface area contributed by atoms with E-state index in [1.807, 2.05) is 29.0 Å². The third kappa shape index (κ3) is 3.61. The molecule has 1 aromatic carbocycles. The average molecular weight is 378 g/mol. The molecule has 4 nitrogen and oxygen atoms in total. The lowest BCUT2D eigenvalue weighted by Gasteiger charge is -2.31. The quantitative estimate of drug-likeness (QED) is 0.813. The van der Waals surface area contributed by atoms with E-state index in [9.17, 15) is 8.42 Å². The summed E-state index contributed by atoms with van der Waals surface area (Å²) in [6.45, 7) is 1.04. The number of fused-ring (bicyclic) bond motifs is 1. The second-order valence-corrected chi connectivity index (χ2v) is 9.54. The van der Waals surface area contributed by atoms with Gasteiger partial charge in [-0.2, -0.15) is 4.31 Å². The molecule has 2 heterocycles. The van der Waals surface area contributed by atoms with Crippen LogP contribution in [0.25, 0.3) is 0 Å². The van der Waals surface area contributed by atoms with Crippen LogP contribution in [0.5, 0.6) is 5.75 Å². The Labute approximate surface area is 153 Å². The summed E-state index contributed by atoms with van der Waals surface area (Å²) < 4.78 is 33.5. The van der Waals surface area contributed by atoms with Crippen molar-refractivity contribution in [1.82, 2.24) is 4.31 Å². The number of nitrogens with zero attached hydrogens (tertiary/aromatic N) is 1. The van der Waals surface area contributed by atoms with E-state index in [1.54, 1.807) is 21.7 Å². The highest BCUT2D eigenvalue weighted by Gasteiger charge is 2.30. The van der Waals surface area contributed by atoms with Gasteiger partial charge >= 0.3 is 0 Å². The maximum atomic E-state index is 13.0. The Morgan fingerprint density at radius 1 is 1.04 bits per heavy atom. The van der Waals surface area contributed by atoms with Crippen molar-refractivity contribution in [2.75, 3.05) is 13.1 Å². The molecule has 2 aliphatic rings. The number of hydrogen-bond donors (Lipinski definition) is 0. The normalized spacial score (nSPS) is 19.5. The molecule has 2 aromatic rings. The minimum atomic E-state index is -3.40. The standard InChI is InChI=1S/C19H23NO3S2/c21-25(22,19-6-5-15-3-1-2-4-16(15)13-19)20-10-7-17(8-11-20)23-18-9-12-24-14-18/h5-6,9,12-14,17H,1-4,7-8,10-11H2. The molecule has 0 N–H and O–H groups in total. The first-order chi connectivity index (χ1) is 12.1. The van der Waals surface area contributed by atoms with Gasteiger partial charge in [0.25, 0.3) is 0 Å². The van der Waals surface area contributed by atoms with Crippen molar-refractivity contribution < 1.29 is 13.2 Å². The molecule has 25 heavy (non-hydrogen) atoms. The number of rotatable bonds is 4. The predicted octanol–water partition coefficient (Wildman–Crippen LogP) is 3.86. The minimum absolute atomic E-state index is 0.101. The fourth-order valence-corrected chi connectivity index (χ4v) is 5.80. The highest BCUT2D eigenvalue weighted by molar-refractivity contribution is 7.89. The van der Waals surface area contributed by atoms with Crippen LogP contribution in [0.3, 0.4) is 0 Å². The van der Waals surface area contributed by atoms with Crippen LogP contribution in [-0.2, 0) is 22.9 Å². The molecular weight excluding hydrogens is 354 g/mol. The fourth-order valence-electron chi connectivity index (χ4n) is 3.72. The van der Waals surface area contributed by atoms with E-state index in [1.165, 1.54) is 17.5 Å². The summed E-state index contributed by atoms with van der Waals surface area (Å²) in [6, 6.07) is 7.65. The predicted molar refractivity (Wildman–Crippen MR) is 99.8 cm³/mol. The third-order valence-electron chi connectivity index (χ3n) is 5.16. The van der Waals surface area contributed by atoms with Gasteiger partial charge in [0, 0.05) is 18.5 Å². The Hall–Kier alpha value is -1.37. The first-order valence-electron chi connectivity index (χ1n) is 8.94. The first-order valence-corrected chi connectivity index (χ1v) is 11.3. The molecule has 6 heteroatoms. The third-order valence-corrected chi connectivity index (χ3v) is 7.71. The van der Waals surface area contributed by atoms with Gasteiger partial charge in [-0.3, -0.25) is 0 Å². The van der Waals surface area contributed by atoms with Crippen LogP contribution in [0.4, 0.5) is 0 Å². The lowest BCUT2D eigenvalue weighted by Crippen LogP contribution is -2.41. The lowest BCUT2D eigenvalue weighted by atomic mass is 9.92. The molecule has 1 fully saturated rings. The summed E-state index contributed by atoms with van der Waals surface area (Å²) in [5, 5.41) is 3.97. The number of benzene rings is 1. The summed E-state index contributed by atoms with van der Waals surface area (Å²) in [4.78, 5) is 0.449. The zero-order chi connectivity index (χ0) is 17.3. The highest BCUT2D eigenvalue weighted by atomic mass is 32.2. The molecule has 0 radical (unpaired) electrons. The van der Waals surface area contributed by atoms with Gasteiger partial charge in [-0.1, -0.05) is 6.07 Å². The van der Waals surface area contributed by atoms with Crippen molar-refractivity contribution in [3.63, 3.8) is 0 Å². The number of aryl methyl sites for hydroxylation is 2. The Balaban J connectivity index is 1.44. The fraction of sp³-hybridized carbons (Fsp3) is 0.474. The molecule has 1 saturated heterocycles. The topological polar surface area (TPSA) is 46.6 Å². The summed E-state index contributed by atoms with van der Waals surface area (Å²) in [5.41, 5.74) is 2.52. The SMILES string of the molecule is O=S(=O)(c1ccc2c(c1)CCCC2)N1CCC(Oc2ccsc2)CC1. The van der Waals surface area contributed by atoms with E-state index in [0.29, 0.717) is 18.0 Å². The van der Waals surface area contributed by atoms with Gasteiger partial charge in [0.2, 0.25) is 10.0 Å². The van der Waals surface area contributed by atoms with Crippen LogP contribution < -0.4 is 4.74 Å². The minimum Gasteiger partial charge on any atom is -0.489 e. The molecule has 134 valence electrons. The molecular formula is C19H23NO3S2. The molecule has 1 aliphatic heterocycles. The van der Waals surface area contributed by atoms with Gasteiger partial charge in [0.1, 0.15) is 11.9 Å². The molecule has 0 amide bonds. The van der Waals surface area contributed by atoms with Crippen molar-refractivity contribution >= 4 is 21.4 Å². The molecule has 0 bridgehead atoms. The van der Waals surface area contributed by atoms with E-state index in [4.69, 9.17) is 4.74 Å². The van der Waals surface area contributed by atoms with Crippen molar-refractivity contribution in [1.29, 1.82) is 0 Å². The van der Waals surface area contributed by atoms with Gasteiger partial charge in [-0.15, -0.1) is 11.3 Å². The number of hydrogen-bond acceptors (Lipinski definition) is 4. The van der Waals surface area contributed by atoms with E-state index in [2.05, 4.69) is 0 Å². The summed E-state index contributed by atoms with van der Waals surface area (Å²) in [6.07, 6.45) is 6.00. The van der Waals surface area contributed by atoms with Crippen molar-refractivity contribution in [3.8, 4) is 5.75 Å². The Bertz CT molecular complexity index is 822. The van der Waals surface area contributed by atoms with Crippen LogP contribution in [0.1, 0.15) is 36.8 Å². The van der Waals surface area contributed by atoms with Crippen LogP contribution in [0.2, 0.25) is 0 Å². The smallest absolute Gasteiger partial charge is 0.243 e. The van der Waals surface area contributed by atoms with Gasteiger partial charge in [0.05, 0.1) is 4.90 Å². The van der Waals surface area contributed by atoms with Crippen molar-refractivity contribution in [3.05, 3.63) is 46.2 Å². The molecule has 0 atom stereocenters. The monoisotopic (exact) mass is 377 g/mol. The highest BCUT2D eigenvalue weighted by Crippen LogP contribution is 2.28. The van der Waals surface area contributed by atoms with Gasteiger partial charge < -0.3 is 4.74 Å². The van der Waals surface area contributed by atoms with E-state index in [0.717, 1.165) is 37.9 Å². The maximum absolute atomic E-state index is 13.0. The van der Waals surface area contributed by atoms with E-state index < -0.39 is 10.0 Å². The molecule has 0 unspecified atom stereocenters.